The molecule has 0 spiro atoms. The molecule has 2 aromatic rings. The Hall–Kier alpha value is -3.42. The van der Waals surface area contributed by atoms with Crippen LogP contribution in [0, 0.1) is 10.1 Å². The van der Waals surface area contributed by atoms with Gasteiger partial charge in [-0.25, -0.2) is 4.79 Å². The van der Waals surface area contributed by atoms with Crippen LogP contribution in [-0.2, 0) is 9.53 Å². The van der Waals surface area contributed by atoms with E-state index in [4.69, 9.17) is 9.47 Å². The van der Waals surface area contributed by atoms with Crippen LogP contribution in [0.25, 0.3) is 0 Å². The van der Waals surface area contributed by atoms with Gasteiger partial charge in [0.2, 0.25) is 0 Å². The van der Waals surface area contributed by atoms with Crippen molar-refractivity contribution < 1.29 is 24.0 Å². The number of carbonyl (C=O) groups excluding carboxylic acids is 2. The zero-order chi connectivity index (χ0) is 18.5. The zero-order valence-electron chi connectivity index (χ0n) is 13.7. The molecule has 1 aliphatic heterocycles. The van der Waals surface area contributed by atoms with Gasteiger partial charge in [-0.3, -0.25) is 14.9 Å². The van der Waals surface area contributed by atoms with E-state index in [1.807, 2.05) is 24.3 Å². The van der Waals surface area contributed by atoms with Gasteiger partial charge in [0.1, 0.15) is 5.75 Å². The highest BCUT2D eigenvalue weighted by Gasteiger charge is 2.23. The van der Waals surface area contributed by atoms with Gasteiger partial charge in [-0.05, 0) is 12.1 Å². The van der Waals surface area contributed by atoms with Crippen LogP contribution in [-0.4, -0.2) is 30.0 Å². The summed E-state index contributed by atoms with van der Waals surface area (Å²) < 4.78 is 10.5. The van der Waals surface area contributed by atoms with E-state index in [1.54, 1.807) is 0 Å². The molecule has 8 heteroatoms. The number of hydrogen-bond donors (Lipinski definition) is 1. The maximum absolute atomic E-state index is 12.1. The second kappa shape index (κ2) is 7.64. The van der Waals surface area contributed by atoms with Crippen LogP contribution in [0.2, 0.25) is 0 Å². The Labute approximate surface area is 148 Å². The highest BCUT2D eigenvalue weighted by Crippen LogP contribution is 2.31. The Kier molecular flexibility index (Phi) is 5.12. The Morgan fingerprint density at radius 1 is 1.23 bits per heavy atom. The Morgan fingerprint density at radius 2 is 2.04 bits per heavy atom. The number of benzene rings is 2. The summed E-state index contributed by atoms with van der Waals surface area (Å²) in [5.74, 6) is -0.528. The first kappa shape index (κ1) is 17.4. The standard InChI is InChI=1S/C18H16N2O6/c21-17(19-15-8-9-25-16-7-2-1-6-14(15)16)11-26-18(22)12-4-3-5-13(10-12)20(23)24/h1-7,10,15H,8-9,11H2,(H,19,21). The molecule has 1 unspecified atom stereocenters. The average Bonchev–Trinajstić information content (AvgIpc) is 2.66. The molecular weight excluding hydrogens is 340 g/mol. The monoisotopic (exact) mass is 356 g/mol. The lowest BCUT2D eigenvalue weighted by atomic mass is 10.0. The average molecular weight is 356 g/mol. The quantitative estimate of drug-likeness (QED) is 0.501. The third kappa shape index (κ3) is 3.97. The van der Waals surface area contributed by atoms with E-state index in [9.17, 15) is 19.7 Å². The van der Waals surface area contributed by atoms with E-state index < -0.39 is 23.4 Å². The zero-order valence-corrected chi connectivity index (χ0v) is 13.7. The molecule has 134 valence electrons. The van der Waals surface area contributed by atoms with Gasteiger partial charge in [0, 0.05) is 24.1 Å². The number of carbonyl (C=O) groups is 2. The molecule has 0 radical (unpaired) electrons. The number of para-hydroxylation sites is 1. The summed E-state index contributed by atoms with van der Waals surface area (Å²) in [4.78, 5) is 34.2. The predicted molar refractivity (Wildman–Crippen MR) is 90.8 cm³/mol. The minimum atomic E-state index is -0.795. The lowest BCUT2D eigenvalue weighted by molar-refractivity contribution is -0.384. The van der Waals surface area contributed by atoms with Gasteiger partial charge in [-0.2, -0.15) is 0 Å². The number of esters is 1. The van der Waals surface area contributed by atoms with Crippen molar-refractivity contribution in [3.8, 4) is 5.75 Å². The van der Waals surface area contributed by atoms with Gasteiger partial charge in [0.25, 0.3) is 11.6 Å². The first-order chi connectivity index (χ1) is 12.5. The molecule has 0 bridgehead atoms. The number of nitro benzene ring substituents is 1. The second-order valence-electron chi connectivity index (χ2n) is 5.68. The van der Waals surface area contributed by atoms with Gasteiger partial charge in [-0.1, -0.05) is 24.3 Å². The minimum Gasteiger partial charge on any atom is -0.493 e. The molecule has 8 nitrogen and oxygen atoms in total. The van der Waals surface area contributed by atoms with Crippen LogP contribution in [0.3, 0.4) is 0 Å². The largest absolute Gasteiger partial charge is 0.493 e. The molecule has 1 atom stereocenters. The smallest absolute Gasteiger partial charge is 0.338 e. The van der Waals surface area contributed by atoms with E-state index in [0.717, 1.165) is 17.4 Å². The van der Waals surface area contributed by atoms with Crippen LogP contribution in [0.5, 0.6) is 5.75 Å². The van der Waals surface area contributed by atoms with Crippen LogP contribution < -0.4 is 10.1 Å². The summed E-state index contributed by atoms with van der Waals surface area (Å²) in [6.45, 7) is 0.0104. The van der Waals surface area contributed by atoms with Crippen molar-refractivity contribution in [1.29, 1.82) is 0 Å². The fourth-order valence-corrected chi connectivity index (χ4v) is 2.69. The van der Waals surface area contributed by atoms with Gasteiger partial charge < -0.3 is 14.8 Å². The molecular formula is C18H16N2O6. The number of amides is 1. The number of nitro groups is 1. The van der Waals surface area contributed by atoms with Crippen molar-refractivity contribution >= 4 is 17.6 Å². The second-order valence-corrected chi connectivity index (χ2v) is 5.68. The number of non-ortho nitro benzene ring substituents is 1. The number of fused-ring (bicyclic) bond motifs is 1. The summed E-state index contributed by atoms with van der Waals surface area (Å²) in [6.07, 6.45) is 0.613. The van der Waals surface area contributed by atoms with Crippen molar-refractivity contribution in [1.82, 2.24) is 5.32 Å². The molecule has 0 aliphatic carbocycles. The number of nitrogens with one attached hydrogen (secondary N) is 1. The van der Waals surface area contributed by atoms with Crippen LogP contribution in [0.15, 0.2) is 48.5 Å². The third-order valence-electron chi connectivity index (χ3n) is 3.92. The third-order valence-corrected chi connectivity index (χ3v) is 3.92. The van der Waals surface area contributed by atoms with Crippen molar-refractivity contribution in [2.24, 2.45) is 0 Å². The van der Waals surface area contributed by atoms with Crippen LogP contribution in [0.1, 0.15) is 28.4 Å². The van der Waals surface area contributed by atoms with Crippen molar-refractivity contribution in [2.45, 2.75) is 12.5 Å². The molecule has 1 aliphatic rings. The van der Waals surface area contributed by atoms with Crippen LogP contribution in [0.4, 0.5) is 5.69 Å². The van der Waals surface area contributed by atoms with E-state index in [-0.39, 0.29) is 17.3 Å². The van der Waals surface area contributed by atoms with E-state index in [0.29, 0.717) is 13.0 Å². The first-order valence-electron chi connectivity index (χ1n) is 7.97. The van der Waals surface area contributed by atoms with Gasteiger partial charge in [0.15, 0.2) is 6.61 Å². The van der Waals surface area contributed by atoms with E-state index in [2.05, 4.69) is 5.32 Å². The lowest BCUT2D eigenvalue weighted by Gasteiger charge is -2.26. The SMILES string of the molecule is O=C(COC(=O)c1cccc([N+](=O)[O-])c1)NC1CCOc2ccccc21. The van der Waals surface area contributed by atoms with Gasteiger partial charge >= 0.3 is 5.97 Å². The van der Waals surface area contributed by atoms with E-state index in [1.165, 1.54) is 18.2 Å². The Balaban J connectivity index is 1.57. The maximum Gasteiger partial charge on any atom is 0.338 e. The van der Waals surface area contributed by atoms with Crippen molar-refractivity contribution in [3.63, 3.8) is 0 Å². The summed E-state index contributed by atoms with van der Waals surface area (Å²) in [6, 6.07) is 12.3. The molecule has 26 heavy (non-hydrogen) atoms. The van der Waals surface area contributed by atoms with Crippen molar-refractivity contribution in [2.75, 3.05) is 13.2 Å². The number of rotatable bonds is 5. The fourth-order valence-electron chi connectivity index (χ4n) is 2.69. The van der Waals surface area contributed by atoms with Crippen LogP contribution >= 0.6 is 0 Å². The summed E-state index contributed by atoms with van der Waals surface area (Å²) in [5, 5.41) is 13.6. The molecule has 0 saturated heterocycles. The lowest BCUT2D eigenvalue weighted by Crippen LogP contribution is -2.35. The Morgan fingerprint density at radius 3 is 2.85 bits per heavy atom. The number of ether oxygens (including phenoxy) is 2. The first-order valence-corrected chi connectivity index (χ1v) is 7.97. The fraction of sp³-hybridized carbons (Fsp3) is 0.222. The summed E-state index contributed by atoms with van der Waals surface area (Å²) in [7, 11) is 0. The molecule has 3 rings (SSSR count). The minimum absolute atomic E-state index is 0.0170. The topological polar surface area (TPSA) is 108 Å². The highest BCUT2D eigenvalue weighted by molar-refractivity contribution is 5.92. The van der Waals surface area contributed by atoms with E-state index >= 15 is 0 Å². The molecule has 1 amide bonds. The normalized spacial score (nSPS) is 15.3. The number of nitrogens with zero attached hydrogens (tertiary/aromatic N) is 1. The Bertz CT molecular complexity index is 851. The summed E-state index contributed by atoms with van der Waals surface area (Å²) >= 11 is 0. The molecule has 0 saturated carbocycles. The summed E-state index contributed by atoms with van der Waals surface area (Å²) in [5.41, 5.74) is 0.670. The highest BCUT2D eigenvalue weighted by atomic mass is 16.6. The molecule has 0 aromatic heterocycles. The maximum atomic E-state index is 12.1. The predicted octanol–water partition coefficient (Wildman–Crippen LogP) is 2.39. The van der Waals surface area contributed by atoms with Gasteiger partial charge in [-0.15, -0.1) is 0 Å². The molecule has 1 N–H and O–H groups in total. The van der Waals surface area contributed by atoms with Crippen molar-refractivity contribution in [3.05, 3.63) is 69.8 Å². The van der Waals surface area contributed by atoms with Gasteiger partial charge in [0.05, 0.1) is 23.1 Å². The number of hydrogen-bond acceptors (Lipinski definition) is 6. The molecule has 0 fully saturated rings. The molecule has 2 aromatic carbocycles. The molecule has 1 heterocycles.